The van der Waals surface area contributed by atoms with Gasteiger partial charge < -0.3 is 10.6 Å². The molecule has 0 heterocycles. The van der Waals surface area contributed by atoms with Gasteiger partial charge in [-0.1, -0.05) is 36.4 Å². The van der Waals surface area contributed by atoms with Gasteiger partial charge in [0, 0.05) is 18.7 Å². The van der Waals surface area contributed by atoms with Gasteiger partial charge in [0.15, 0.2) is 9.84 Å². The molecule has 0 saturated heterocycles. The molecule has 5 nitrogen and oxygen atoms in total. The molecule has 0 spiro atoms. The molecule has 0 fully saturated rings. The highest BCUT2D eigenvalue weighted by Crippen LogP contribution is 2.10. The summed E-state index contributed by atoms with van der Waals surface area (Å²) in [7, 11) is -3.34. The van der Waals surface area contributed by atoms with Gasteiger partial charge >= 0.3 is 6.03 Å². The fourth-order valence-corrected chi connectivity index (χ4v) is 3.42. The van der Waals surface area contributed by atoms with Crippen molar-refractivity contribution in [3.8, 4) is 0 Å². The molecule has 2 N–H and O–H groups in total. The number of halogens is 1. The van der Waals surface area contributed by atoms with Crippen LogP contribution < -0.4 is 10.6 Å². The average molecular weight is 350 g/mol. The Morgan fingerprint density at radius 2 is 1.62 bits per heavy atom. The van der Waals surface area contributed by atoms with Crippen LogP contribution in [0.25, 0.3) is 0 Å². The second kappa shape index (κ2) is 8.44. The first-order chi connectivity index (χ1) is 11.5. The molecule has 0 aromatic heterocycles. The fraction of sp³-hybridized carbons (Fsp3) is 0.235. The summed E-state index contributed by atoms with van der Waals surface area (Å²) in [5.74, 6) is -0.434. The lowest BCUT2D eigenvalue weighted by molar-refractivity contribution is 0.240. The number of rotatable bonds is 7. The minimum atomic E-state index is -3.34. The van der Waals surface area contributed by atoms with Crippen molar-refractivity contribution in [2.75, 3.05) is 12.3 Å². The Bertz CT molecular complexity index is 779. The predicted molar refractivity (Wildman–Crippen MR) is 89.8 cm³/mol. The summed E-state index contributed by atoms with van der Waals surface area (Å²) in [6.07, 6.45) is 0.296. The van der Waals surface area contributed by atoms with Gasteiger partial charge in [-0.2, -0.15) is 0 Å². The molecule has 0 bridgehead atoms. The van der Waals surface area contributed by atoms with Crippen molar-refractivity contribution >= 4 is 15.9 Å². The first-order valence-corrected chi connectivity index (χ1v) is 9.17. The second-order valence-electron chi connectivity index (χ2n) is 5.19. The summed E-state index contributed by atoms with van der Waals surface area (Å²) in [5.41, 5.74) is 0.388. The summed E-state index contributed by atoms with van der Waals surface area (Å²) < 4.78 is 37.5. The number of hydrogen-bond acceptors (Lipinski definition) is 3. The zero-order valence-corrected chi connectivity index (χ0v) is 13.9. The number of nitrogens with one attached hydrogen (secondary N) is 2. The molecule has 2 aromatic carbocycles. The maximum Gasteiger partial charge on any atom is 0.315 e. The van der Waals surface area contributed by atoms with E-state index < -0.39 is 15.9 Å². The van der Waals surface area contributed by atoms with Crippen LogP contribution in [0.3, 0.4) is 0 Å². The zero-order chi connectivity index (χ0) is 17.4. The van der Waals surface area contributed by atoms with Crippen LogP contribution in [-0.2, 0) is 16.4 Å². The Morgan fingerprint density at radius 1 is 0.958 bits per heavy atom. The third-order valence-corrected chi connectivity index (χ3v) is 5.19. The first kappa shape index (κ1) is 17.9. The van der Waals surface area contributed by atoms with Gasteiger partial charge in [-0.15, -0.1) is 0 Å². The lowest BCUT2D eigenvalue weighted by atomic mass is 10.2. The Balaban J connectivity index is 1.71. The van der Waals surface area contributed by atoms with E-state index in [4.69, 9.17) is 0 Å². The molecule has 0 aliphatic rings. The van der Waals surface area contributed by atoms with Gasteiger partial charge in [-0.05, 0) is 24.6 Å². The summed E-state index contributed by atoms with van der Waals surface area (Å²) in [5, 5.41) is 5.09. The van der Waals surface area contributed by atoms with Crippen LogP contribution in [-0.4, -0.2) is 26.7 Å². The molecule has 2 rings (SSSR count). The first-order valence-electron chi connectivity index (χ1n) is 7.52. The molecule has 128 valence electrons. The molecule has 0 aliphatic heterocycles. The van der Waals surface area contributed by atoms with Crippen LogP contribution in [0.5, 0.6) is 0 Å². The van der Waals surface area contributed by atoms with Crippen molar-refractivity contribution in [1.82, 2.24) is 10.6 Å². The Kier molecular flexibility index (Phi) is 6.31. The quantitative estimate of drug-likeness (QED) is 0.754. The Labute approximate surface area is 140 Å². The van der Waals surface area contributed by atoms with Crippen LogP contribution in [0.15, 0.2) is 59.5 Å². The summed E-state index contributed by atoms with van der Waals surface area (Å²) in [6, 6.07) is 13.9. The van der Waals surface area contributed by atoms with E-state index >= 15 is 0 Å². The molecule has 24 heavy (non-hydrogen) atoms. The monoisotopic (exact) mass is 350 g/mol. The third kappa shape index (κ3) is 5.34. The topological polar surface area (TPSA) is 75.3 Å². The highest BCUT2D eigenvalue weighted by Gasteiger charge is 2.13. The maximum atomic E-state index is 13.4. The van der Waals surface area contributed by atoms with Crippen LogP contribution in [0, 0.1) is 5.82 Å². The van der Waals surface area contributed by atoms with Gasteiger partial charge in [-0.3, -0.25) is 0 Å². The van der Waals surface area contributed by atoms with Gasteiger partial charge in [0.05, 0.1) is 10.6 Å². The van der Waals surface area contributed by atoms with Crippen molar-refractivity contribution in [3.63, 3.8) is 0 Å². The minimum absolute atomic E-state index is 0.0510. The molecule has 0 aliphatic carbocycles. The van der Waals surface area contributed by atoms with E-state index in [9.17, 15) is 17.6 Å². The van der Waals surface area contributed by atoms with Crippen LogP contribution in [0.4, 0.5) is 9.18 Å². The number of hydrogen-bond donors (Lipinski definition) is 2. The number of carbonyl (C=O) groups is 1. The van der Waals surface area contributed by atoms with E-state index in [0.717, 1.165) is 0 Å². The van der Waals surface area contributed by atoms with E-state index in [-0.39, 0.29) is 29.6 Å². The second-order valence-corrected chi connectivity index (χ2v) is 7.30. The lowest BCUT2D eigenvalue weighted by Crippen LogP contribution is -2.36. The standard InChI is InChI=1S/C17H19FN2O3S/c18-16-10-5-4-7-14(16)13-20-17(21)19-11-6-12-24(22,23)15-8-2-1-3-9-15/h1-5,7-10H,6,11-13H2,(H2,19,20,21). The largest absolute Gasteiger partial charge is 0.338 e. The molecular formula is C17H19FN2O3S. The molecule has 0 atom stereocenters. The minimum Gasteiger partial charge on any atom is -0.338 e. The fourth-order valence-electron chi connectivity index (χ4n) is 2.09. The number of sulfone groups is 1. The SMILES string of the molecule is O=C(NCCCS(=O)(=O)c1ccccc1)NCc1ccccc1F. The number of amides is 2. The van der Waals surface area contributed by atoms with E-state index in [1.165, 1.54) is 6.07 Å². The van der Waals surface area contributed by atoms with E-state index in [2.05, 4.69) is 10.6 Å². The predicted octanol–water partition coefficient (Wildman–Crippen LogP) is 2.49. The molecule has 2 aromatic rings. The third-order valence-electron chi connectivity index (χ3n) is 3.37. The highest BCUT2D eigenvalue weighted by atomic mass is 32.2. The van der Waals surface area contributed by atoms with Gasteiger partial charge in [0.25, 0.3) is 0 Å². The van der Waals surface area contributed by atoms with Crippen molar-refractivity contribution in [2.24, 2.45) is 0 Å². The Hall–Kier alpha value is -2.41. The van der Waals surface area contributed by atoms with E-state index in [1.54, 1.807) is 48.5 Å². The molecular weight excluding hydrogens is 331 g/mol. The van der Waals surface area contributed by atoms with Crippen molar-refractivity contribution in [2.45, 2.75) is 17.9 Å². The number of benzene rings is 2. The van der Waals surface area contributed by atoms with Crippen molar-refractivity contribution in [3.05, 3.63) is 66.0 Å². The normalized spacial score (nSPS) is 11.0. The van der Waals surface area contributed by atoms with E-state index in [0.29, 0.717) is 12.0 Å². The Morgan fingerprint density at radius 3 is 2.33 bits per heavy atom. The van der Waals surface area contributed by atoms with Crippen LogP contribution in [0.2, 0.25) is 0 Å². The van der Waals surface area contributed by atoms with Gasteiger partial charge in [0.2, 0.25) is 0 Å². The molecule has 7 heteroatoms. The molecule has 0 radical (unpaired) electrons. The smallest absolute Gasteiger partial charge is 0.315 e. The van der Waals surface area contributed by atoms with Gasteiger partial charge in [-0.25, -0.2) is 17.6 Å². The van der Waals surface area contributed by atoms with Crippen molar-refractivity contribution < 1.29 is 17.6 Å². The summed E-state index contributed by atoms with van der Waals surface area (Å²) in [4.78, 5) is 11.9. The zero-order valence-electron chi connectivity index (χ0n) is 13.0. The van der Waals surface area contributed by atoms with Crippen LogP contribution in [0.1, 0.15) is 12.0 Å². The van der Waals surface area contributed by atoms with Gasteiger partial charge in [0.1, 0.15) is 5.82 Å². The number of urea groups is 1. The summed E-state index contributed by atoms with van der Waals surface area (Å²) >= 11 is 0. The van der Waals surface area contributed by atoms with Crippen molar-refractivity contribution in [1.29, 1.82) is 0 Å². The summed E-state index contributed by atoms with van der Waals surface area (Å²) in [6.45, 7) is 0.288. The average Bonchev–Trinajstić information content (AvgIpc) is 2.59. The lowest BCUT2D eigenvalue weighted by Gasteiger charge is -2.08. The highest BCUT2D eigenvalue weighted by molar-refractivity contribution is 7.91. The maximum absolute atomic E-state index is 13.4. The molecule has 0 unspecified atom stereocenters. The van der Waals surface area contributed by atoms with E-state index in [1.807, 2.05) is 0 Å². The van der Waals surface area contributed by atoms with Crippen LogP contribution >= 0.6 is 0 Å². The molecule has 2 amide bonds. The molecule has 0 saturated carbocycles. The number of carbonyl (C=O) groups excluding carboxylic acids is 1.